The molecule has 1 amide bonds. The summed E-state index contributed by atoms with van der Waals surface area (Å²) >= 11 is 0. The maximum atomic E-state index is 12.2. The Balaban J connectivity index is 1.87. The SMILES string of the molecule is CC(=O)c1ccc(NCC(=O)N2C[C@@H](C)O[C@@H](C)C2)cc1. The van der Waals surface area contributed by atoms with Gasteiger partial charge in [-0.3, -0.25) is 9.59 Å². The number of amides is 1. The van der Waals surface area contributed by atoms with Gasteiger partial charge in [0.2, 0.25) is 5.91 Å². The van der Waals surface area contributed by atoms with Crippen LogP contribution in [0.1, 0.15) is 31.1 Å². The minimum atomic E-state index is 0.0360. The van der Waals surface area contributed by atoms with E-state index in [0.717, 1.165) is 5.69 Å². The predicted molar refractivity (Wildman–Crippen MR) is 81.5 cm³/mol. The van der Waals surface area contributed by atoms with Crippen molar-refractivity contribution in [3.8, 4) is 0 Å². The van der Waals surface area contributed by atoms with Gasteiger partial charge in [0.15, 0.2) is 5.78 Å². The lowest BCUT2D eigenvalue weighted by molar-refractivity contribution is -0.141. The minimum Gasteiger partial charge on any atom is -0.376 e. The molecule has 0 unspecified atom stereocenters. The highest BCUT2D eigenvalue weighted by atomic mass is 16.5. The van der Waals surface area contributed by atoms with Crippen LogP contribution in [0.3, 0.4) is 0 Å². The molecule has 21 heavy (non-hydrogen) atoms. The Morgan fingerprint density at radius 3 is 2.29 bits per heavy atom. The molecule has 0 spiro atoms. The predicted octanol–water partition coefficient (Wildman–Crippen LogP) is 1.94. The number of morpholine rings is 1. The maximum absolute atomic E-state index is 12.2. The highest BCUT2D eigenvalue weighted by molar-refractivity contribution is 5.94. The third kappa shape index (κ3) is 4.29. The van der Waals surface area contributed by atoms with E-state index in [2.05, 4.69) is 5.32 Å². The number of nitrogens with one attached hydrogen (secondary N) is 1. The quantitative estimate of drug-likeness (QED) is 0.861. The molecule has 1 saturated heterocycles. The molecular weight excluding hydrogens is 268 g/mol. The Kier molecular flexibility index (Phi) is 4.96. The number of ether oxygens (including phenoxy) is 1. The largest absolute Gasteiger partial charge is 0.376 e. The first-order valence-corrected chi connectivity index (χ1v) is 7.24. The fourth-order valence-electron chi connectivity index (χ4n) is 2.49. The first-order valence-electron chi connectivity index (χ1n) is 7.24. The molecule has 2 atom stereocenters. The van der Waals surface area contributed by atoms with E-state index < -0.39 is 0 Å². The molecule has 1 aliphatic rings. The molecule has 2 rings (SSSR count). The second-order valence-electron chi connectivity index (χ2n) is 5.54. The molecule has 5 nitrogen and oxygen atoms in total. The van der Waals surface area contributed by atoms with Gasteiger partial charge in [-0.15, -0.1) is 0 Å². The zero-order valence-corrected chi connectivity index (χ0v) is 12.8. The average molecular weight is 290 g/mol. The normalized spacial score (nSPS) is 22.0. The van der Waals surface area contributed by atoms with Crippen LogP contribution in [-0.4, -0.2) is 48.4 Å². The summed E-state index contributed by atoms with van der Waals surface area (Å²) in [4.78, 5) is 25.2. The second kappa shape index (κ2) is 6.72. The fraction of sp³-hybridized carbons (Fsp3) is 0.500. The number of hydrogen-bond donors (Lipinski definition) is 1. The van der Waals surface area contributed by atoms with Gasteiger partial charge in [-0.2, -0.15) is 0 Å². The van der Waals surface area contributed by atoms with Crippen LogP contribution in [0.25, 0.3) is 0 Å². The van der Waals surface area contributed by atoms with E-state index in [0.29, 0.717) is 18.7 Å². The minimum absolute atomic E-state index is 0.0360. The summed E-state index contributed by atoms with van der Waals surface area (Å²) in [5, 5.41) is 3.09. The molecule has 1 aromatic carbocycles. The number of ketones is 1. The molecule has 1 aromatic rings. The van der Waals surface area contributed by atoms with Gasteiger partial charge in [0.25, 0.3) is 0 Å². The summed E-state index contributed by atoms with van der Waals surface area (Å²) in [6.45, 7) is 7.00. The van der Waals surface area contributed by atoms with Crippen molar-refractivity contribution < 1.29 is 14.3 Å². The smallest absolute Gasteiger partial charge is 0.242 e. The molecule has 1 N–H and O–H groups in total. The molecule has 0 radical (unpaired) electrons. The van der Waals surface area contributed by atoms with Gasteiger partial charge < -0.3 is 15.0 Å². The first kappa shape index (κ1) is 15.5. The molecule has 0 bridgehead atoms. The summed E-state index contributed by atoms with van der Waals surface area (Å²) in [6, 6.07) is 7.14. The van der Waals surface area contributed by atoms with Crippen LogP contribution in [0, 0.1) is 0 Å². The second-order valence-corrected chi connectivity index (χ2v) is 5.54. The number of rotatable bonds is 4. The summed E-state index contributed by atoms with van der Waals surface area (Å²) in [7, 11) is 0. The Morgan fingerprint density at radius 1 is 1.19 bits per heavy atom. The zero-order chi connectivity index (χ0) is 15.4. The van der Waals surface area contributed by atoms with Gasteiger partial charge in [-0.1, -0.05) is 0 Å². The van der Waals surface area contributed by atoms with Crippen LogP contribution < -0.4 is 5.32 Å². The summed E-state index contributed by atoms with van der Waals surface area (Å²) in [5.74, 6) is 0.0987. The molecule has 5 heteroatoms. The van der Waals surface area contributed by atoms with Crippen LogP contribution in [0.5, 0.6) is 0 Å². The standard InChI is InChI=1S/C16H22N2O3/c1-11-9-18(10-12(2)21-11)16(20)8-17-15-6-4-14(5-7-15)13(3)19/h4-7,11-12,17H,8-10H2,1-3H3/t11-,12+. The third-order valence-corrected chi connectivity index (χ3v) is 3.51. The first-order chi connectivity index (χ1) is 9.95. The average Bonchev–Trinajstić information content (AvgIpc) is 2.44. The number of nitrogens with zero attached hydrogens (tertiary/aromatic N) is 1. The lowest BCUT2D eigenvalue weighted by Crippen LogP contribution is -2.49. The van der Waals surface area contributed by atoms with Gasteiger partial charge in [-0.25, -0.2) is 0 Å². The van der Waals surface area contributed by atoms with E-state index in [4.69, 9.17) is 4.74 Å². The van der Waals surface area contributed by atoms with Crippen LogP contribution in [-0.2, 0) is 9.53 Å². The highest BCUT2D eigenvalue weighted by Crippen LogP contribution is 2.12. The van der Waals surface area contributed by atoms with Crippen molar-refractivity contribution in [2.24, 2.45) is 0 Å². The van der Waals surface area contributed by atoms with E-state index in [-0.39, 0.29) is 30.4 Å². The van der Waals surface area contributed by atoms with Crippen LogP contribution in [0.2, 0.25) is 0 Å². The van der Waals surface area contributed by atoms with Crippen LogP contribution in [0.4, 0.5) is 5.69 Å². The summed E-state index contributed by atoms with van der Waals surface area (Å²) in [6.07, 6.45) is 0.153. The number of carbonyl (C=O) groups is 2. The van der Waals surface area contributed by atoms with Gasteiger partial charge in [0, 0.05) is 24.3 Å². The highest BCUT2D eigenvalue weighted by Gasteiger charge is 2.25. The van der Waals surface area contributed by atoms with Crippen molar-refractivity contribution >= 4 is 17.4 Å². The molecule has 1 fully saturated rings. The molecule has 1 aliphatic heterocycles. The van der Waals surface area contributed by atoms with E-state index >= 15 is 0 Å². The van der Waals surface area contributed by atoms with Crippen molar-refractivity contribution in [1.29, 1.82) is 0 Å². The molecule has 0 aliphatic carbocycles. The van der Waals surface area contributed by atoms with Gasteiger partial charge in [-0.05, 0) is 45.0 Å². The maximum Gasteiger partial charge on any atom is 0.242 e. The van der Waals surface area contributed by atoms with E-state index in [1.807, 2.05) is 30.9 Å². The Morgan fingerprint density at radius 2 is 1.76 bits per heavy atom. The van der Waals surface area contributed by atoms with Crippen LogP contribution in [0.15, 0.2) is 24.3 Å². The third-order valence-electron chi connectivity index (χ3n) is 3.51. The van der Waals surface area contributed by atoms with E-state index in [1.165, 1.54) is 6.92 Å². The monoisotopic (exact) mass is 290 g/mol. The zero-order valence-electron chi connectivity index (χ0n) is 12.8. The number of carbonyl (C=O) groups excluding carboxylic acids is 2. The molecule has 0 saturated carbocycles. The summed E-state index contributed by atoms with van der Waals surface area (Å²) < 4.78 is 5.62. The van der Waals surface area contributed by atoms with Crippen molar-refractivity contribution in [3.63, 3.8) is 0 Å². The number of Topliss-reactive ketones (excluding diaryl/α,β-unsaturated/α-hetero) is 1. The lowest BCUT2D eigenvalue weighted by atomic mass is 10.1. The Labute approximate surface area is 125 Å². The number of anilines is 1. The molecular formula is C16H22N2O3. The van der Waals surface area contributed by atoms with Crippen LogP contribution >= 0.6 is 0 Å². The van der Waals surface area contributed by atoms with Crippen molar-refractivity contribution in [1.82, 2.24) is 4.90 Å². The number of hydrogen-bond acceptors (Lipinski definition) is 4. The van der Waals surface area contributed by atoms with E-state index in [9.17, 15) is 9.59 Å². The fourth-order valence-corrected chi connectivity index (χ4v) is 2.49. The molecule has 1 heterocycles. The van der Waals surface area contributed by atoms with Crippen molar-refractivity contribution in [2.75, 3.05) is 25.0 Å². The van der Waals surface area contributed by atoms with Gasteiger partial charge in [0.05, 0.1) is 18.8 Å². The lowest BCUT2D eigenvalue weighted by Gasteiger charge is -2.35. The van der Waals surface area contributed by atoms with Gasteiger partial charge in [0.1, 0.15) is 0 Å². The van der Waals surface area contributed by atoms with Crippen molar-refractivity contribution in [2.45, 2.75) is 33.0 Å². The van der Waals surface area contributed by atoms with Gasteiger partial charge >= 0.3 is 0 Å². The molecule has 114 valence electrons. The van der Waals surface area contributed by atoms with E-state index in [1.54, 1.807) is 12.1 Å². The topological polar surface area (TPSA) is 58.6 Å². The number of benzene rings is 1. The molecule has 0 aromatic heterocycles. The summed E-state index contributed by atoms with van der Waals surface area (Å²) in [5.41, 5.74) is 1.51. The van der Waals surface area contributed by atoms with Crippen molar-refractivity contribution in [3.05, 3.63) is 29.8 Å². The Bertz CT molecular complexity index is 503. The Hall–Kier alpha value is -1.88.